The lowest BCUT2D eigenvalue weighted by Crippen LogP contribution is -2.42. The van der Waals surface area contributed by atoms with Gasteiger partial charge in [-0.05, 0) is 63.4 Å². The molecular formula is C30H33F3N4O5. The van der Waals surface area contributed by atoms with Crippen LogP contribution in [0.15, 0.2) is 59.0 Å². The molecule has 0 aliphatic carbocycles. The van der Waals surface area contributed by atoms with Crippen LogP contribution in [0.2, 0.25) is 0 Å². The molecule has 2 aromatic carbocycles. The number of nitrogens with zero attached hydrogens (tertiary/aromatic N) is 3. The monoisotopic (exact) mass is 586 g/mol. The van der Waals surface area contributed by atoms with Crippen LogP contribution in [0.4, 0.5) is 23.7 Å². The summed E-state index contributed by atoms with van der Waals surface area (Å²) >= 11 is 0. The van der Waals surface area contributed by atoms with Crippen molar-refractivity contribution in [2.75, 3.05) is 18.4 Å². The fourth-order valence-electron chi connectivity index (χ4n) is 4.57. The van der Waals surface area contributed by atoms with E-state index in [9.17, 15) is 27.6 Å². The molecule has 0 bridgehead atoms. The Morgan fingerprint density at radius 1 is 1.02 bits per heavy atom. The van der Waals surface area contributed by atoms with Crippen LogP contribution in [0.1, 0.15) is 68.4 Å². The van der Waals surface area contributed by atoms with Gasteiger partial charge in [0.1, 0.15) is 5.60 Å². The van der Waals surface area contributed by atoms with Gasteiger partial charge in [-0.25, -0.2) is 14.7 Å². The van der Waals surface area contributed by atoms with Gasteiger partial charge in [0.25, 0.3) is 5.91 Å². The molecule has 1 aromatic heterocycles. The Morgan fingerprint density at radius 2 is 1.64 bits per heavy atom. The molecule has 1 fully saturated rings. The van der Waals surface area contributed by atoms with Gasteiger partial charge in [-0.3, -0.25) is 9.59 Å². The molecule has 224 valence electrons. The number of halogens is 3. The fraction of sp³-hybridized carbons (Fsp3) is 0.400. The van der Waals surface area contributed by atoms with Gasteiger partial charge in [0.2, 0.25) is 5.91 Å². The van der Waals surface area contributed by atoms with E-state index in [1.807, 2.05) is 0 Å². The van der Waals surface area contributed by atoms with Crippen LogP contribution in [-0.2, 0) is 16.1 Å². The second-order valence-corrected chi connectivity index (χ2v) is 11.1. The zero-order valence-corrected chi connectivity index (χ0v) is 23.8. The van der Waals surface area contributed by atoms with Crippen LogP contribution < -0.4 is 5.32 Å². The van der Waals surface area contributed by atoms with Crippen LogP contribution in [0.5, 0.6) is 0 Å². The van der Waals surface area contributed by atoms with Crippen molar-refractivity contribution < 1.29 is 36.7 Å². The number of carbonyl (C=O) groups is 3. The smallest absolute Gasteiger partial charge is 0.444 e. The molecule has 42 heavy (non-hydrogen) atoms. The number of hydrogen-bond donors (Lipinski definition) is 1. The maximum absolute atomic E-state index is 14.2. The van der Waals surface area contributed by atoms with Crippen molar-refractivity contribution in [3.05, 3.63) is 71.7 Å². The number of piperidine rings is 1. The number of oxazole rings is 1. The Bertz CT molecular complexity index is 1410. The maximum atomic E-state index is 14.2. The average Bonchev–Trinajstić information content (AvgIpc) is 3.36. The van der Waals surface area contributed by atoms with Gasteiger partial charge < -0.3 is 19.4 Å². The standard InChI is InChI=1S/C30H33F3N4O5/c1-19(38)34-23-12-10-21(11-13-23)25-24(27(39)37(30(31,32)33)18-20-8-6-5-7-9-20)35-26(41-25)22-14-16-36(17-15-22)28(40)42-29(2,3)4/h5-13,22H,14-18H2,1-4H3,(H,34,38). The predicted octanol–water partition coefficient (Wildman–Crippen LogP) is 6.58. The molecule has 0 saturated carbocycles. The number of carbonyl (C=O) groups excluding carboxylic acids is 3. The third-order valence-electron chi connectivity index (χ3n) is 6.54. The van der Waals surface area contributed by atoms with Crippen LogP contribution in [-0.4, -0.2) is 57.7 Å². The van der Waals surface area contributed by atoms with Gasteiger partial charge in [-0.15, -0.1) is 13.2 Å². The van der Waals surface area contributed by atoms with Crippen molar-refractivity contribution in [1.29, 1.82) is 0 Å². The molecule has 3 aromatic rings. The molecule has 1 N–H and O–H groups in total. The van der Waals surface area contributed by atoms with Crippen LogP contribution >= 0.6 is 0 Å². The summed E-state index contributed by atoms with van der Waals surface area (Å²) < 4.78 is 54.1. The molecule has 1 aliphatic rings. The normalized spacial score (nSPS) is 14.4. The van der Waals surface area contributed by atoms with E-state index in [0.717, 1.165) is 0 Å². The van der Waals surface area contributed by atoms with E-state index >= 15 is 0 Å². The summed E-state index contributed by atoms with van der Waals surface area (Å²) in [5.74, 6) is -1.98. The maximum Gasteiger partial charge on any atom is 0.487 e. The van der Waals surface area contributed by atoms with Gasteiger partial charge in [0, 0.05) is 37.2 Å². The summed E-state index contributed by atoms with van der Waals surface area (Å²) in [6.07, 6.45) is -4.61. The fourth-order valence-corrected chi connectivity index (χ4v) is 4.57. The largest absolute Gasteiger partial charge is 0.487 e. The molecule has 0 atom stereocenters. The van der Waals surface area contributed by atoms with Crippen molar-refractivity contribution in [2.24, 2.45) is 0 Å². The molecule has 3 amide bonds. The van der Waals surface area contributed by atoms with Crippen molar-refractivity contribution in [3.8, 4) is 11.3 Å². The Balaban J connectivity index is 1.66. The molecule has 1 saturated heterocycles. The zero-order chi connectivity index (χ0) is 30.7. The molecule has 9 nitrogen and oxygen atoms in total. The van der Waals surface area contributed by atoms with Crippen molar-refractivity contribution in [1.82, 2.24) is 14.8 Å². The summed E-state index contributed by atoms with van der Waals surface area (Å²) in [7, 11) is 0. The summed E-state index contributed by atoms with van der Waals surface area (Å²) in [4.78, 5) is 43.1. The number of likely N-dealkylation sites (tertiary alicyclic amines) is 1. The van der Waals surface area contributed by atoms with Gasteiger partial charge >= 0.3 is 12.4 Å². The van der Waals surface area contributed by atoms with E-state index in [4.69, 9.17) is 9.15 Å². The van der Waals surface area contributed by atoms with Crippen molar-refractivity contribution >= 4 is 23.6 Å². The average molecular weight is 587 g/mol. The lowest BCUT2D eigenvalue weighted by Gasteiger charge is -2.32. The number of nitrogens with one attached hydrogen (secondary N) is 1. The number of ether oxygens (including phenoxy) is 1. The first kappa shape index (κ1) is 30.6. The van der Waals surface area contributed by atoms with Gasteiger partial charge in [0.05, 0.1) is 6.54 Å². The molecular weight excluding hydrogens is 553 g/mol. The van der Waals surface area contributed by atoms with E-state index in [0.29, 0.717) is 42.7 Å². The molecule has 2 heterocycles. The number of hydrogen-bond acceptors (Lipinski definition) is 6. The van der Waals surface area contributed by atoms with E-state index in [-0.39, 0.29) is 28.4 Å². The second kappa shape index (κ2) is 12.3. The minimum absolute atomic E-state index is 0.110. The van der Waals surface area contributed by atoms with Crippen LogP contribution in [0, 0.1) is 0 Å². The van der Waals surface area contributed by atoms with Crippen molar-refractivity contribution in [2.45, 2.75) is 64.9 Å². The summed E-state index contributed by atoms with van der Waals surface area (Å²) in [5.41, 5.74) is -0.0448. The van der Waals surface area contributed by atoms with Crippen LogP contribution in [0.25, 0.3) is 11.3 Å². The van der Waals surface area contributed by atoms with Gasteiger partial charge in [-0.2, -0.15) is 0 Å². The van der Waals surface area contributed by atoms with Gasteiger partial charge in [0.15, 0.2) is 17.3 Å². The minimum Gasteiger partial charge on any atom is -0.444 e. The highest BCUT2D eigenvalue weighted by molar-refractivity contribution is 5.98. The lowest BCUT2D eigenvalue weighted by atomic mass is 9.97. The Labute approximate surface area is 241 Å². The number of rotatable bonds is 6. The summed E-state index contributed by atoms with van der Waals surface area (Å²) in [5, 5.41) is 2.62. The minimum atomic E-state index is -4.99. The highest BCUT2D eigenvalue weighted by atomic mass is 19.4. The number of anilines is 1. The third-order valence-corrected chi connectivity index (χ3v) is 6.54. The molecule has 0 spiro atoms. The van der Waals surface area contributed by atoms with Gasteiger partial charge in [-0.1, -0.05) is 30.3 Å². The topological polar surface area (TPSA) is 105 Å². The third kappa shape index (κ3) is 7.68. The van der Waals surface area contributed by atoms with E-state index in [2.05, 4.69) is 10.3 Å². The van der Waals surface area contributed by atoms with E-state index in [1.165, 1.54) is 31.2 Å². The zero-order valence-electron chi connectivity index (χ0n) is 23.8. The molecule has 12 heteroatoms. The first-order valence-corrected chi connectivity index (χ1v) is 13.5. The van der Waals surface area contributed by atoms with Crippen LogP contribution in [0.3, 0.4) is 0 Å². The summed E-state index contributed by atoms with van der Waals surface area (Å²) in [6, 6.07) is 14.0. The predicted molar refractivity (Wildman–Crippen MR) is 148 cm³/mol. The van der Waals surface area contributed by atoms with Crippen molar-refractivity contribution in [3.63, 3.8) is 0 Å². The molecule has 0 unspecified atom stereocenters. The number of amides is 3. The van der Waals surface area contributed by atoms with E-state index < -0.39 is 36.1 Å². The number of benzene rings is 2. The summed E-state index contributed by atoms with van der Waals surface area (Å²) in [6.45, 7) is 6.61. The molecule has 0 radical (unpaired) electrons. The Morgan fingerprint density at radius 3 is 2.19 bits per heavy atom. The lowest BCUT2D eigenvalue weighted by molar-refractivity contribution is -0.228. The first-order chi connectivity index (χ1) is 19.7. The number of aromatic nitrogens is 1. The number of alkyl halides is 3. The molecule has 1 aliphatic heterocycles. The highest BCUT2D eigenvalue weighted by Gasteiger charge is 2.44. The van der Waals surface area contributed by atoms with E-state index in [1.54, 1.807) is 56.0 Å². The molecule has 4 rings (SSSR count). The Kier molecular flexibility index (Phi) is 8.93. The highest BCUT2D eigenvalue weighted by Crippen LogP contribution is 2.36. The Hall–Kier alpha value is -4.35. The first-order valence-electron chi connectivity index (χ1n) is 13.5. The SMILES string of the molecule is CC(=O)Nc1ccc(-c2oc(C3CCN(C(=O)OC(C)(C)C)CC3)nc2C(=O)N(Cc2ccccc2)C(F)(F)F)cc1. The quantitative estimate of drug-likeness (QED) is 0.328. The second-order valence-electron chi connectivity index (χ2n) is 11.1.